The Hall–Kier alpha value is -1.69. The Morgan fingerprint density at radius 3 is 2.89 bits per heavy atom. The van der Waals surface area contributed by atoms with Crippen LogP contribution in [0.15, 0.2) is 12.4 Å². The zero-order chi connectivity index (χ0) is 13.0. The Bertz CT molecular complexity index is 524. The molecule has 0 saturated heterocycles. The molecule has 2 aromatic rings. The quantitative estimate of drug-likeness (QED) is 0.838. The molecule has 0 atom stereocenters. The van der Waals surface area contributed by atoms with Gasteiger partial charge in [-0.1, -0.05) is 18.5 Å². The van der Waals surface area contributed by atoms with Crippen LogP contribution in [0.4, 0.5) is 5.82 Å². The Morgan fingerprint density at radius 1 is 1.33 bits per heavy atom. The van der Waals surface area contributed by atoms with E-state index in [-0.39, 0.29) is 0 Å². The lowest BCUT2D eigenvalue weighted by Crippen LogP contribution is -2.09. The van der Waals surface area contributed by atoms with E-state index in [4.69, 9.17) is 11.6 Å². The maximum absolute atomic E-state index is 5.92. The van der Waals surface area contributed by atoms with E-state index in [1.165, 1.54) is 0 Å². The number of nitrogens with one attached hydrogen (secondary N) is 1. The first kappa shape index (κ1) is 12.8. The maximum atomic E-state index is 5.92. The summed E-state index contributed by atoms with van der Waals surface area (Å²) in [5.74, 6) is 2.30. The van der Waals surface area contributed by atoms with Gasteiger partial charge in [0, 0.05) is 19.0 Å². The largest absolute Gasteiger partial charge is 0.363 e. The van der Waals surface area contributed by atoms with Crippen LogP contribution in [0.5, 0.6) is 0 Å². The van der Waals surface area contributed by atoms with Crippen LogP contribution in [-0.4, -0.2) is 24.7 Å². The Balaban J connectivity index is 2.08. The van der Waals surface area contributed by atoms with Gasteiger partial charge in [0.05, 0.1) is 6.54 Å². The molecule has 18 heavy (non-hydrogen) atoms. The summed E-state index contributed by atoms with van der Waals surface area (Å²) in [6.45, 7) is 5.44. The molecule has 0 aliphatic carbocycles. The minimum absolute atomic E-state index is 0.446. The SMILES string of the molecule is CCc1nc(Cl)cc(NCc2nncn2CC)n1. The molecule has 0 amide bonds. The van der Waals surface area contributed by atoms with Crippen molar-refractivity contribution in [2.24, 2.45) is 0 Å². The van der Waals surface area contributed by atoms with Gasteiger partial charge in [-0.25, -0.2) is 9.97 Å². The number of nitrogens with zero attached hydrogens (tertiary/aromatic N) is 5. The van der Waals surface area contributed by atoms with Crippen LogP contribution in [0.3, 0.4) is 0 Å². The average Bonchev–Trinajstić information content (AvgIpc) is 2.83. The van der Waals surface area contributed by atoms with Crippen molar-refractivity contribution in [2.45, 2.75) is 33.4 Å². The third-order valence-corrected chi connectivity index (χ3v) is 2.72. The maximum Gasteiger partial charge on any atom is 0.152 e. The molecule has 0 aliphatic rings. The molecule has 7 heteroatoms. The second-order valence-corrected chi connectivity index (χ2v) is 4.12. The van der Waals surface area contributed by atoms with Crippen LogP contribution in [-0.2, 0) is 19.5 Å². The number of aryl methyl sites for hydroxylation is 2. The number of aromatic nitrogens is 5. The molecule has 0 aliphatic heterocycles. The van der Waals surface area contributed by atoms with Crippen molar-refractivity contribution >= 4 is 17.4 Å². The van der Waals surface area contributed by atoms with E-state index in [1.54, 1.807) is 12.4 Å². The summed E-state index contributed by atoms with van der Waals surface area (Å²) in [6.07, 6.45) is 2.46. The molecule has 0 spiro atoms. The van der Waals surface area contributed by atoms with Crippen molar-refractivity contribution in [3.63, 3.8) is 0 Å². The van der Waals surface area contributed by atoms with E-state index >= 15 is 0 Å². The number of hydrogen-bond acceptors (Lipinski definition) is 5. The standard InChI is InChI=1S/C11H15ClN6/c1-3-9-15-8(12)5-10(16-9)13-6-11-17-14-7-18(11)4-2/h5,7H,3-4,6H2,1-2H3,(H,13,15,16). The highest BCUT2D eigenvalue weighted by Gasteiger charge is 2.05. The summed E-state index contributed by atoms with van der Waals surface area (Å²) in [5.41, 5.74) is 0. The fourth-order valence-corrected chi connectivity index (χ4v) is 1.76. The first-order valence-corrected chi connectivity index (χ1v) is 6.24. The zero-order valence-corrected chi connectivity index (χ0v) is 11.1. The number of halogens is 1. The van der Waals surface area contributed by atoms with E-state index in [1.807, 2.05) is 18.4 Å². The molecule has 0 saturated carbocycles. The van der Waals surface area contributed by atoms with Gasteiger partial charge in [0.25, 0.3) is 0 Å². The predicted octanol–water partition coefficient (Wildman–Crippen LogP) is 1.92. The fourth-order valence-electron chi connectivity index (χ4n) is 1.56. The van der Waals surface area contributed by atoms with Gasteiger partial charge in [0.15, 0.2) is 5.82 Å². The van der Waals surface area contributed by atoms with Gasteiger partial charge < -0.3 is 9.88 Å². The second kappa shape index (κ2) is 5.77. The summed E-state index contributed by atoms with van der Waals surface area (Å²) in [4.78, 5) is 8.46. The third-order valence-electron chi connectivity index (χ3n) is 2.52. The number of hydrogen-bond donors (Lipinski definition) is 1. The van der Waals surface area contributed by atoms with Crippen molar-refractivity contribution in [3.05, 3.63) is 29.2 Å². The second-order valence-electron chi connectivity index (χ2n) is 3.73. The monoisotopic (exact) mass is 266 g/mol. The molecule has 96 valence electrons. The van der Waals surface area contributed by atoms with E-state index in [0.29, 0.717) is 17.5 Å². The number of anilines is 1. The van der Waals surface area contributed by atoms with E-state index < -0.39 is 0 Å². The van der Waals surface area contributed by atoms with Crippen LogP contribution in [0.2, 0.25) is 5.15 Å². The van der Waals surface area contributed by atoms with Crippen LogP contribution in [0, 0.1) is 0 Å². The van der Waals surface area contributed by atoms with Gasteiger partial charge in [-0.15, -0.1) is 10.2 Å². The Morgan fingerprint density at radius 2 is 2.17 bits per heavy atom. The van der Waals surface area contributed by atoms with Crippen molar-refractivity contribution in [1.29, 1.82) is 0 Å². The lowest BCUT2D eigenvalue weighted by atomic mass is 10.4. The minimum Gasteiger partial charge on any atom is -0.363 e. The van der Waals surface area contributed by atoms with Crippen LogP contribution in [0.1, 0.15) is 25.5 Å². The summed E-state index contributed by atoms with van der Waals surface area (Å²) in [7, 11) is 0. The van der Waals surface area contributed by atoms with Gasteiger partial charge in [-0.05, 0) is 6.92 Å². The van der Waals surface area contributed by atoms with Gasteiger partial charge in [0.2, 0.25) is 0 Å². The topological polar surface area (TPSA) is 68.5 Å². The first-order valence-electron chi connectivity index (χ1n) is 5.87. The van der Waals surface area contributed by atoms with E-state index in [0.717, 1.165) is 24.6 Å². The molecule has 0 bridgehead atoms. The van der Waals surface area contributed by atoms with Gasteiger partial charge >= 0.3 is 0 Å². The highest BCUT2D eigenvalue weighted by molar-refractivity contribution is 6.29. The molecule has 0 aromatic carbocycles. The molecule has 2 heterocycles. The summed E-state index contributed by atoms with van der Waals surface area (Å²) >= 11 is 5.92. The van der Waals surface area contributed by atoms with Gasteiger partial charge in [-0.3, -0.25) is 0 Å². The molecule has 2 rings (SSSR count). The molecular formula is C11H15ClN6. The van der Waals surface area contributed by atoms with Crippen molar-refractivity contribution in [1.82, 2.24) is 24.7 Å². The first-order chi connectivity index (χ1) is 8.72. The third kappa shape index (κ3) is 2.95. The summed E-state index contributed by atoms with van der Waals surface area (Å²) in [6, 6.07) is 1.70. The van der Waals surface area contributed by atoms with E-state index in [9.17, 15) is 0 Å². The Kier molecular flexibility index (Phi) is 4.09. The molecule has 0 radical (unpaired) electrons. The van der Waals surface area contributed by atoms with Crippen molar-refractivity contribution in [3.8, 4) is 0 Å². The molecule has 0 fully saturated rings. The molecule has 1 N–H and O–H groups in total. The fraction of sp³-hybridized carbons (Fsp3) is 0.455. The van der Waals surface area contributed by atoms with Crippen LogP contribution in [0.25, 0.3) is 0 Å². The van der Waals surface area contributed by atoms with Crippen molar-refractivity contribution in [2.75, 3.05) is 5.32 Å². The summed E-state index contributed by atoms with van der Waals surface area (Å²) < 4.78 is 1.97. The van der Waals surface area contributed by atoms with Crippen molar-refractivity contribution < 1.29 is 0 Å². The highest BCUT2D eigenvalue weighted by Crippen LogP contribution is 2.12. The van der Waals surface area contributed by atoms with E-state index in [2.05, 4.69) is 25.5 Å². The lowest BCUT2D eigenvalue weighted by Gasteiger charge is -2.07. The predicted molar refractivity (Wildman–Crippen MR) is 69.4 cm³/mol. The van der Waals surface area contributed by atoms with Gasteiger partial charge in [0.1, 0.15) is 23.1 Å². The molecule has 6 nitrogen and oxygen atoms in total. The molecule has 0 unspecified atom stereocenters. The lowest BCUT2D eigenvalue weighted by molar-refractivity contribution is 0.707. The van der Waals surface area contributed by atoms with Gasteiger partial charge in [-0.2, -0.15) is 0 Å². The summed E-state index contributed by atoms with van der Waals surface area (Å²) in [5, 5.41) is 11.5. The zero-order valence-electron chi connectivity index (χ0n) is 10.4. The normalized spacial score (nSPS) is 10.6. The molecular weight excluding hydrogens is 252 g/mol. The average molecular weight is 267 g/mol. The van der Waals surface area contributed by atoms with Crippen LogP contribution >= 0.6 is 11.6 Å². The molecule has 2 aromatic heterocycles. The smallest absolute Gasteiger partial charge is 0.152 e. The Labute approximate surface area is 110 Å². The highest BCUT2D eigenvalue weighted by atomic mass is 35.5. The number of rotatable bonds is 5. The van der Waals surface area contributed by atoms with Crippen LogP contribution < -0.4 is 5.32 Å². The minimum atomic E-state index is 0.446.